The molecule has 1 N–H and O–H groups in total. The molecule has 1 rings (SSSR count). The molecule has 0 aliphatic rings. The minimum atomic E-state index is -0.189. The molecule has 0 radical (unpaired) electrons. The summed E-state index contributed by atoms with van der Waals surface area (Å²) in [6.45, 7) is 1.84. The summed E-state index contributed by atoms with van der Waals surface area (Å²) in [7, 11) is 3.91. The molecule has 72 valence electrons. The summed E-state index contributed by atoms with van der Waals surface area (Å²) in [5, 5.41) is 3.06. The van der Waals surface area contributed by atoms with Crippen molar-refractivity contribution in [1.82, 2.24) is 5.32 Å². The van der Waals surface area contributed by atoms with E-state index < -0.39 is 0 Å². The summed E-state index contributed by atoms with van der Waals surface area (Å²) in [5.74, 6) is -0.189. The highest BCUT2D eigenvalue weighted by atomic mass is 19.1. The van der Waals surface area contributed by atoms with Gasteiger partial charge in [0.1, 0.15) is 5.82 Å². The number of nitrogens with one attached hydrogen (secondary N) is 1. The van der Waals surface area contributed by atoms with Crippen LogP contribution in [0.15, 0.2) is 24.3 Å². The summed E-state index contributed by atoms with van der Waals surface area (Å²) in [4.78, 5) is 2.08. The lowest BCUT2D eigenvalue weighted by molar-refractivity contribution is 0.627. The Bertz CT molecular complexity index is 246. The van der Waals surface area contributed by atoms with E-state index in [1.807, 2.05) is 14.1 Å². The van der Waals surface area contributed by atoms with E-state index in [0.29, 0.717) is 0 Å². The van der Waals surface area contributed by atoms with Gasteiger partial charge in [0.25, 0.3) is 0 Å². The third-order valence-electron chi connectivity index (χ3n) is 1.96. The Kier molecular flexibility index (Phi) is 3.71. The summed E-state index contributed by atoms with van der Waals surface area (Å²) >= 11 is 0. The summed E-state index contributed by atoms with van der Waals surface area (Å²) in [6, 6.07) is 6.52. The van der Waals surface area contributed by atoms with Gasteiger partial charge in [-0.15, -0.1) is 0 Å². The van der Waals surface area contributed by atoms with Crippen molar-refractivity contribution in [3.05, 3.63) is 30.1 Å². The number of nitrogens with zero attached hydrogens (tertiary/aromatic N) is 1. The first-order valence-corrected chi connectivity index (χ1v) is 4.35. The van der Waals surface area contributed by atoms with Crippen molar-refractivity contribution < 1.29 is 4.39 Å². The van der Waals surface area contributed by atoms with Gasteiger partial charge in [0, 0.05) is 25.8 Å². The van der Waals surface area contributed by atoms with E-state index >= 15 is 0 Å². The molecule has 0 aliphatic heterocycles. The normalized spacial score (nSPS) is 10.1. The van der Waals surface area contributed by atoms with Gasteiger partial charge in [0.05, 0.1) is 0 Å². The van der Waals surface area contributed by atoms with Gasteiger partial charge >= 0.3 is 0 Å². The first kappa shape index (κ1) is 9.99. The molecule has 1 aromatic carbocycles. The molecule has 0 atom stereocenters. The fourth-order valence-electron chi connectivity index (χ4n) is 1.10. The van der Waals surface area contributed by atoms with Gasteiger partial charge in [-0.05, 0) is 31.3 Å². The molecule has 0 aromatic heterocycles. The third-order valence-corrected chi connectivity index (χ3v) is 1.96. The first-order valence-electron chi connectivity index (χ1n) is 4.35. The highest BCUT2D eigenvalue weighted by Gasteiger charge is 1.98. The second-order valence-electron chi connectivity index (χ2n) is 3.00. The minimum Gasteiger partial charge on any atom is -0.373 e. The topological polar surface area (TPSA) is 15.3 Å². The average molecular weight is 182 g/mol. The predicted molar refractivity (Wildman–Crippen MR) is 53.6 cm³/mol. The summed E-state index contributed by atoms with van der Waals surface area (Å²) in [6.07, 6.45) is 0. The summed E-state index contributed by atoms with van der Waals surface area (Å²) in [5.41, 5.74) is 1.04. The van der Waals surface area contributed by atoms with Gasteiger partial charge in [-0.1, -0.05) is 0 Å². The average Bonchev–Trinajstić information content (AvgIpc) is 2.15. The second kappa shape index (κ2) is 4.82. The van der Waals surface area contributed by atoms with E-state index in [2.05, 4.69) is 10.2 Å². The van der Waals surface area contributed by atoms with Gasteiger partial charge in [-0.2, -0.15) is 0 Å². The van der Waals surface area contributed by atoms with Gasteiger partial charge in [-0.3, -0.25) is 0 Å². The van der Waals surface area contributed by atoms with Gasteiger partial charge < -0.3 is 10.2 Å². The lowest BCUT2D eigenvalue weighted by Crippen LogP contribution is -2.26. The molecule has 3 heteroatoms. The van der Waals surface area contributed by atoms with Gasteiger partial charge in [-0.25, -0.2) is 4.39 Å². The van der Waals surface area contributed by atoms with Crippen LogP contribution in [0.3, 0.4) is 0 Å². The number of benzene rings is 1. The second-order valence-corrected chi connectivity index (χ2v) is 3.00. The van der Waals surface area contributed by atoms with Crippen molar-refractivity contribution in [3.8, 4) is 0 Å². The number of hydrogen-bond donors (Lipinski definition) is 1. The third kappa shape index (κ3) is 3.03. The van der Waals surface area contributed by atoms with E-state index in [1.165, 1.54) is 12.1 Å². The van der Waals surface area contributed by atoms with E-state index in [1.54, 1.807) is 12.1 Å². The zero-order valence-electron chi connectivity index (χ0n) is 8.05. The molecule has 0 heterocycles. The van der Waals surface area contributed by atoms with E-state index in [4.69, 9.17) is 0 Å². The van der Waals surface area contributed by atoms with Gasteiger partial charge in [0.15, 0.2) is 0 Å². The maximum Gasteiger partial charge on any atom is 0.123 e. The molecule has 2 nitrogen and oxygen atoms in total. The van der Waals surface area contributed by atoms with Crippen molar-refractivity contribution in [2.45, 2.75) is 0 Å². The number of likely N-dealkylation sites (N-methyl/N-ethyl adjacent to an activating group) is 2. The van der Waals surface area contributed by atoms with Crippen LogP contribution < -0.4 is 10.2 Å². The highest BCUT2D eigenvalue weighted by molar-refractivity contribution is 5.45. The van der Waals surface area contributed by atoms with Crippen LogP contribution in [0.5, 0.6) is 0 Å². The molecule has 0 fully saturated rings. The zero-order chi connectivity index (χ0) is 9.68. The molecule has 0 spiro atoms. The van der Waals surface area contributed by atoms with Crippen LogP contribution >= 0.6 is 0 Å². The molecular formula is C10H15FN2. The molecule has 13 heavy (non-hydrogen) atoms. The molecule has 1 aromatic rings. The molecule has 0 bridgehead atoms. The van der Waals surface area contributed by atoms with Crippen LogP contribution in [0, 0.1) is 5.82 Å². The molecule has 0 unspecified atom stereocenters. The van der Waals surface area contributed by atoms with Crippen LogP contribution in [-0.2, 0) is 0 Å². The SMILES string of the molecule is CNCCN(C)c1ccc(F)cc1. The standard InChI is InChI=1S/C10H15FN2/c1-12-7-8-13(2)10-5-3-9(11)4-6-10/h3-6,12H,7-8H2,1-2H3. The quantitative estimate of drug-likeness (QED) is 0.758. The molecule has 0 saturated carbocycles. The number of halogens is 1. The number of rotatable bonds is 4. The van der Waals surface area contributed by atoms with Crippen LogP contribution in [0.4, 0.5) is 10.1 Å². The predicted octanol–water partition coefficient (Wildman–Crippen LogP) is 1.48. The van der Waals surface area contributed by atoms with Crippen LogP contribution in [0.1, 0.15) is 0 Å². The first-order chi connectivity index (χ1) is 6.24. The molecular weight excluding hydrogens is 167 g/mol. The Labute approximate surface area is 78.4 Å². The maximum atomic E-state index is 12.6. The van der Waals surface area contributed by atoms with E-state index in [-0.39, 0.29) is 5.82 Å². The van der Waals surface area contributed by atoms with E-state index in [0.717, 1.165) is 18.8 Å². The highest BCUT2D eigenvalue weighted by Crippen LogP contribution is 2.11. The van der Waals surface area contributed by atoms with Crippen molar-refractivity contribution in [2.75, 3.05) is 32.1 Å². The van der Waals surface area contributed by atoms with Crippen molar-refractivity contribution in [2.24, 2.45) is 0 Å². The van der Waals surface area contributed by atoms with Crippen molar-refractivity contribution in [3.63, 3.8) is 0 Å². The van der Waals surface area contributed by atoms with Gasteiger partial charge in [0.2, 0.25) is 0 Å². The number of anilines is 1. The fraction of sp³-hybridized carbons (Fsp3) is 0.400. The van der Waals surface area contributed by atoms with Crippen molar-refractivity contribution in [1.29, 1.82) is 0 Å². The monoisotopic (exact) mass is 182 g/mol. The lowest BCUT2D eigenvalue weighted by Gasteiger charge is -2.18. The smallest absolute Gasteiger partial charge is 0.123 e. The van der Waals surface area contributed by atoms with Crippen LogP contribution in [-0.4, -0.2) is 27.2 Å². The van der Waals surface area contributed by atoms with Crippen LogP contribution in [0.25, 0.3) is 0 Å². The Morgan fingerprint density at radius 1 is 1.31 bits per heavy atom. The zero-order valence-corrected chi connectivity index (χ0v) is 8.05. The molecule has 0 amide bonds. The molecule has 0 aliphatic carbocycles. The number of hydrogen-bond acceptors (Lipinski definition) is 2. The Balaban J connectivity index is 2.55. The summed E-state index contributed by atoms with van der Waals surface area (Å²) < 4.78 is 12.6. The minimum absolute atomic E-state index is 0.189. The Hall–Kier alpha value is -1.09. The largest absolute Gasteiger partial charge is 0.373 e. The maximum absolute atomic E-state index is 12.6. The molecule has 0 saturated heterocycles. The van der Waals surface area contributed by atoms with Crippen molar-refractivity contribution >= 4 is 5.69 Å². The Morgan fingerprint density at radius 3 is 2.46 bits per heavy atom. The lowest BCUT2D eigenvalue weighted by atomic mass is 10.3. The fourth-order valence-corrected chi connectivity index (χ4v) is 1.10. The van der Waals surface area contributed by atoms with E-state index in [9.17, 15) is 4.39 Å². The van der Waals surface area contributed by atoms with Crippen LogP contribution in [0.2, 0.25) is 0 Å². The Morgan fingerprint density at radius 2 is 1.92 bits per heavy atom.